The molecule has 2 heterocycles. The van der Waals surface area contributed by atoms with Crippen molar-refractivity contribution in [3.8, 4) is 5.75 Å². The van der Waals surface area contributed by atoms with E-state index in [0.717, 1.165) is 10.6 Å². The van der Waals surface area contributed by atoms with Crippen molar-refractivity contribution in [1.29, 1.82) is 0 Å². The number of ketones is 1. The maximum absolute atomic E-state index is 13.2. The summed E-state index contributed by atoms with van der Waals surface area (Å²) in [6.07, 6.45) is 0.0104. The van der Waals surface area contributed by atoms with Crippen LogP contribution in [0.15, 0.2) is 70.8 Å². The predicted molar refractivity (Wildman–Crippen MR) is 121 cm³/mol. The van der Waals surface area contributed by atoms with Gasteiger partial charge in [0, 0.05) is 35.1 Å². The Kier molecular flexibility index (Phi) is 5.29. The molecule has 7 heteroatoms. The van der Waals surface area contributed by atoms with Crippen LogP contribution >= 0.6 is 11.3 Å². The highest BCUT2D eigenvalue weighted by Gasteiger charge is 2.25. The third-order valence-electron chi connectivity index (χ3n) is 5.06. The van der Waals surface area contributed by atoms with Crippen LogP contribution in [-0.4, -0.2) is 15.5 Å². The van der Waals surface area contributed by atoms with E-state index in [2.05, 4.69) is 5.32 Å². The normalized spacial score (nSPS) is 12.0. The molecule has 0 unspecified atom stereocenters. The Bertz CT molecular complexity index is 1280. The monoisotopic (exact) mass is 419 g/mol. The molecule has 30 heavy (non-hydrogen) atoms. The van der Waals surface area contributed by atoms with Crippen LogP contribution in [0.1, 0.15) is 27.7 Å². The Hall–Kier alpha value is -3.58. The molecule has 1 atom stereocenters. The highest BCUT2D eigenvalue weighted by Crippen LogP contribution is 2.31. The van der Waals surface area contributed by atoms with Crippen LogP contribution in [0.2, 0.25) is 0 Å². The van der Waals surface area contributed by atoms with E-state index in [-0.39, 0.29) is 23.8 Å². The second-order valence-corrected chi connectivity index (χ2v) is 8.05. The lowest BCUT2D eigenvalue weighted by atomic mass is 10.0. The molecule has 2 aromatic carbocycles. The molecule has 0 radical (unpaired) electrons. The van der Waals surface area contributed by atoms with Crippen molar-refractivity contribution in [2.45, 2.75) is 12.5 Å². The zero-order valence-electron chi connectivity index (χ0n) is 16.3. The van der Waals surface area contributed by atoms with E-state index < -0.39 is 11.3 Å². The number of aryl methyl sites for hydroxylation is 1. The minimum atomic E-state index is -0.509. The first-order chi connectivity index (χ1) is 14.5. The van der Waals surface area contributed by atoms with E-state index in [1.807, 2.05) is 29.6 Å². The number of nitrogens with zero attached hydrogens (tertiary/aromatic N) is 1. The summed E-state index contributed by atoms with van der Waals surface area (Å²) < 4.78 is 1.40. The van der Waals surface area contributed by atoms with Crippen LogP contribution < -0.4 is 16.6 Å². The van der Waals surface area contributed by atoms with Gasteiger partial charge in [0.15, 0.2) is 5.78 Å². The van der Waals surface area contributed by atoms with E-state index in [4.69, 9.17) is 5.73 Å². The summed E-state index contributed by atoms with van der Waals surface area (Å²) in [6, 6.07) is 17.7. The number of carbonyl (C=O) groups excluding carboxylic acids is 1. The number of nitrogen functional groups attached to an aromatic ring is 1. The van der Waals surface area contributed by atoms with Gasteiger partial charge in [0.05, 0.1) is 11.6 Å². The Morgan fingerprint density at radius 2 is 1.97 bits per heavy atom. The lowest BCUT2D eigenvalue weighted by Gasteiger charge is -2.19. The molecule has 6 nitrogen and oxygen atoms in total. The molecule has 152 valence electrons. The number of para-hydroxylation sites is 1. The van der Waals surface area contributed by atoms with E-state index in [1.54, 1.807) is 43.4 Å². The number of thiophene rings is 1. The summed E-state index contributed by atoms with van der Waals surface area (Å²) in [4.78, 5) is 27.0. The van der Waals surface area contributed by atoms with Gasteiger partial charge in [-0.05, 0) is 41.8 Å². The summed E-state index contributed by atoms with van der Waals surface area (Å²) in [7, 11) is 1.60. The first-order valence-electron chi connectivity index (χ1n) is 9.45. The molecule has 4 N–H and O–H groups in total. The van der Waals surface area contributed by atoms with Crippen LogP contribution in [0, 0.1) is 0 Å². The molecule has 0 amide bonds. The SMILES string of the molecule is Cn1c(=O)c(C(=O)C[C@H](Nc2cccc(N)c2)c2cccs2)c(O)c2ccccc21. The second kappa shape index (κ2) is 8.04. The first kappa shape index (κ1) is 19.7. The Morgan fingerprint density at radius 1 is 1.17 bits per heavy atom. The number of hydrogen-bond donors (Lipinski definition) is 3. The summed E-state index contributed by atoms with van der Waals surface area (Å²) in [6.45, 7) is 0. The van der Waals surface area contributed by atoms with Gasteiger partial charge in [-0.1, -0.05) is 24.3 Å². The largest absolute Gasteiger partial charge is 0.506 e. The van der Waals surface area contributed by atoms with E-state index in [0.29, 0.717) is 16.6 Å². The smallest absolute Gasteiger partial charge is 0.265 e. The van der Waals surface area contributed by atoms with Gasteiger partial charge in [0.1, 0.15) is 11.3 Å². The van der Waals surface area contributed by atoms with Gasteiger partial charge < -0.3 is 20.7 Å². The number of aromatic hydroxyl groups is 1. The molecule has 0 saturated carbocycles. The number of nitrogens with one attached hydrogen (secondary N) is 1. The fourth-order valence-electron chi connectivity index (χ4n) is 3.56. The molecule has 0 aliphatic rings. The Morgan fingerprint density at radius 3 is 2.70 bits per heavy atom. The fourth-order valence-corrected chi connectivity index (χ4v) is 4.34. The molecule has 0 aliphatic carbocycles. The van der Waals surface area contributed by atoms with Crippen LogP contribution in [0.5, 0.6) is 5.75 Å². The molecule has 0 spiro atoms. The second-order valence-electron chi connectivity index (χ2n) is 7.07. The van der Waals surface area contributed by atoms with Crippen molar-refractivity contribution >= 4 is 39.4 Å². The van der Waals surface area contributed by atoms with Crippen molar-refractivity contribution in [1.82, 2.24) is 4.57 Å². The topological polar surface area (TPSA) is 97.4 Å². The highest BCUT2D eigenvalue weighted by molar-refractivity contribution is 7.10. The number of nitrogens with two attached hydrogens (primary N) is 1. The number of fused-ring (bicyclic) bond motifs is 1. The van der Waals surface area contributed by atoms with Crippen molar-refractivity contribution in [3.05, 3.63) is 86.8 Å². The van der Waals surface area contributed by atoms with E-state index in [1.165, 1.54) is 15.9 Å². The van der Waals surface area contributed by atoms with E-state index >= 15 is 0 Å². The maximum Gasteiger partial charge on any atom is 0.265 e. The molecule has 2 aromatic heterocycles. The standard InChI is InChI=1S/C23H21N3O3S/c1-26-18-9-3-2-8-16(18)22(28)21(23(26)29)19(27)13-17(20-10-5-11-30-20)25-15-7-4-6-14(24)12-15/h2-12,17,25,28H,13,24H2,1H3/t17-/m0/s1. The minimum absolute atomic E-state index is 0.0104. The number of pyridine rings is 1. The molecular formula is C23H21N3O3S. The zero-order chi connectivity index (χ0) is 21.3. The van der Waals surface area contributed by atoms with Crippen LogP contribution in [0.3, 0.4) is 0 Å². The van der Waals surface area contributed by atoms with Gasteiger partial charge in [0.25, 0.3) is 5.56 Å². The summed E-state index contributed by atoms with van der Waals surface area (Å²) in [5, 5.41) is 16.5. The van der Waals surface area contributed by atoms with Crippen molar-refractivity contribution in [2.24, 2.45) is 7.05 Å². The van der Waals surface area contributed by atoms with Gasteiger partial charge in [-0.2, -0.15) is 0 Å². The number of hydrogen-bond acceptors (Lipinski definition) is 6. The Balaban J connectivity index is 1.72. The predicted octanol–water partition coefficient (Wildman–Crippen LogP) is 4.31. The number of anilines is 2. The summed E-state index contributed by atoms with van der Waals surface area (Å²) >= 11 is 1.51. The average molecular weight is 420 g/mol. The maximum atomic E-state index is 13.2. The van der Waals surface area contributed by atoms with Crippen molar-refractivity contribution < 1.29 is 9.90 Å². The molecule has 4 aromatic rings. The number of benzene rings is 2. The van der Waals surface area contributed by atoms with Crippen molar-refractivity contribution in [2.75, 3.05) is 11.1 Å². The fraction of sp³-hybridized carbons (Fsp3) is 0.130. The summed E-state index contributed by atoms with van der Waals surface area (Å²) in [5.74, 6) is -0.693. The van der Waals surface area contributed by atoms with Gasteiger partial charge in [0.2, 0.25) is 0 Å². The lowest BCUT2D eigenvalue weighted by Crippen LogP contribution is -2.26. The molecule has 4 rings (SSSR count). The minimum Gasteiger partial charge on any atom is -0.506 e. The highest BCUT2D eigenvalue weighted by atomic mass is 32.1. The number of Topliss-reactive ketones (excluding diaryl/α,β-unsaturated/α-hetero) is 1. The van der Waals surface area contributed by atoms with Crippen LogP contribution in [-0.2, 0) is 7.05 Å². The van der Waals surface area contributed by atoms with Crippen LogP contribution in [0.25, 0.3) is 10.9 Å². The molecule has 0 bridgehead atoms. The zero-order valence-corrected chi connectivity index (χ0v) is 17.1. The molecule has 0 fully saturated rings. The lowest BCUT2D eigenvalue weighted by molar-refractivity contribution is 0.0972. The number of carbonyl (C=O) groups is 1. The third-order valence-corrected chi connectivity index (χ3v) is 6.04. The first-order valence-corrected chi connectivity index (χ1v) is 10.3. The molecule has 0 aliphatic heterocycles. The van der Waals surface area contributed by atoms with Crippen molar-refractivity contribution in [3.63, 3.8) is 0 Å². The van der Waals surface area contributed by atoms with Crippen LogP contribution in [0.4, 0.5) is 11.4 Å². The quantitative estimate of drug-likeness (QED) is 0.320. The average Bonchev–Trinajstić information content (AvgIpc) is 3.27. The van der Waals surface area contributed by atoms with Gasteiger partial charge in [-0.25, -0.2) is 0 Å². The number of aromatic nitrogens is 1. The van der Waals surface area contributed by atoms with Gasteiger partial charge in [-0.15, -0.1) is 11.3 Å². The molecular weight excluding hydrogens is 398 g/mol. The van der Waals surface area contributed by atoms with Gasteiger partial charge in [-0.3, -0.25) is 9.59 Å². The summed E-state index contributed by atoms with van der Waals surface area (Å²) in [5.41, 5.74) is 7.13. The third kappa shape index (κ3) is 3.67. The van der Waals surface area contributed by atoms with E-state index in [9.17, 15) is 14.7 Å². The van der Waals surface area contributed by atoms with Gasteiger partial charge >= 0.3 is 0 Å². The Labute approximate surface area is 177 Å². The molecule has 0 saturated heterocycles. The number of rotatable bonds is 6.